The number of hydrogen-bond acceptors (Lipinski definition) is 4. The minimum absolute atomic E-state index is 0.0563. The van der Waals surface area contributed by atoms with Crippen LogP contribution < -0.4 is 0 Å². The highest BCUT2D eigenvalue weighted by Gasteiger charge is 2.21. The van der Waals surface area contributed by atoms with Crippen molar-refractivity contribution in [3.8, 4) is 5.75 Å². The molecule has 6 nitrogen and oxygen atoms in total. The van der Waals surface area contributed by atoms with Gasteiger partial charge in [0.1, 0.15) is 5.75 Å². The average molecular weight is 287 g/mol. The lowest BCUT2D eigenvalue weighted by molar-refractivity contribution is -0.133. The maximum atomic E-state index is 11.9. The molecule has 0 radical (unpaired) electrons. The number of aromatic hydroxyl groups is 1. The van der Waals surface area contributed by atoms with E-state index in [-0.39, 0.29) is 23.0 Å². The van der Waals surface area contributed by atoms with Crippen molar-refractivity contribution in [2.24, 2.45) is 0 Å². The molecule has 0 atom stereocenters. The molecule has 1 saturated heterocycles. The van der Waals surface area contributed by atoms with Gasteiger partial charge in [-0.05, 0) is 25.8 Å². The Morgan fingerprint density at radius 1 is 1.43 bits per heavy atom. The Kier molecular flexibility index (Phi) is 3.37. The lowest BCUT2D eigenvalue weighted by atomic mass is 10.1. The zero-order chi connectivity index (χ0) is 15.0. The van der Waals surface area contributed by atoms with Crippen LogP contribution in [0.2, 0.25) is 0 Å². The summed E-state index contributed by atoms with van der Waals surface area (Å²) in [4.78, 5) is 25.2. The monoisotopic (exact) mass is 287 g/mol. The third-order valence-electron chi connectivity index (χ3n) is 3.90. The number of fused-ring (bicyclic) bond motifs is 1. The molecule has 110 valence electrons. The molecule has 0 unspecified atom stereocenters. The summed E-state index contributed by atoms with van der Waals surface area (Å²) in [6.45, 7) is 2.58. The van der Waals surface area contributed by atoms with E-state index in [1.807, 2.05) is 0 Å². The van der Waals surface area contributed by atoms with Crippen molar-refractivity contribution in [3.05, 3.63) is 23.4 Å². The highest BCUT2D eigenvalue weighted by atomic mass is 16.3. The van der Waals surface area contributed by atoms with E-state index in [0.717, 1.165) is 30.5 Å². The van der Waals surface area contributed by atoms with Gasteiger partial charge in [-0.15, -0.1) is 0 Å². The molecule has 0 bridgehead atoms. The van der Waals surface area contributed by atoms with Gasteiger partial charge in [-0.25, -0.2) is 0 Å². The molecule has 1 fully saturated rings. The van der Waals surface area contributed by atoms with E-state index in [1.54, 1.807) is 11.0 Å². The fourth-order valence-corrected chi connectivity index (χ4v) is 2.72. The van der Waals surface area contributed by atoms with E-state index in [2.05, 4.69) is 10.2 Å². The third kappa shape index (κ3) is 2.49. The molecule has 2 N–H and O–H groups in total. The van der Waals surface area contributed by atoms with Crippen LogP contribution in [-0.4, -0.2) is 38.4 Å². The Hall–Kier alpha value is -2.37. The number of aromatic amines is 1. The Bertz CT molecular complexity index is 720. The zero-order valence-electron chi connectivity index (χ0n) is 11.8. The zero-order valence-corrected chi connectivity index (χ0v) is 11.8. The number of nitrogens with one attached hydrogen (secondary N) is 1. The van der Waals surface area contributed by atoms with Gasteiger partial charge in [0, 0.05) is 24.4 Å². The van der Waals surface area contributed by atoms with E-state index >= 15 is 0 Å². The SMILES string of the molecule is CC(=O)c1cc2c(CN3CCCCC3=O)n[nH]c2cc1O. The molecule has 2 aromatic rings. The topological polar surface area (TPSA) is 86.3 Å². The van der Waals surface area contributed by atoms with Gasteiger partial charge >= 0.3 is 0 Å². The molecule has 1 aromatic carbocycles. The smallest absolute Gasteiger partial charge is 0.222 e. The number of nitrogens with zero attached hydrogens (tertiary/aromatic N) is 2. The van der Waals surface area contributed by atoms with Crippen LogP contribution in [0.1, 0.15) is 42.2 Å². The highest BCUT2D eigenvalue weighted by Crippen LogP contribution is 2.27. The number of likely N-dealkylation sites (tertiary alicyclic amines) is 1. The summed E-state index contributed by atoms with van der Waals surface area (Å²) in [6.07, 6.45) is 2.54. The van der Waals surface area contributed by atoms with Gasteiger partial charge in [-0.1, -0.05) is 0 Å². The Labute approximate surface area is 121 Å². The minimum atomic E-state index is -0.199. The Morgan fingerprint density at radius 2 is 2.24 bits per heavy atom. The molecular weight excluding hydrogens is 270 g/mol. The number of amides is 1. The number of benzene rings is 1. The fraction of sp³-hybridized carbons (Fsp3) is 0.400. The number of Topliss-reactive ketones (excluding diaryl/α,β-unsaturated/α-hetero) is 1. The summed E-state index contributed by atoms with van der Waals surface area (Å²) in [5.74, 6) is -0.113. The second kappa shape index (κ2) is 5.20. The first-order chi connectivity index (χ1) is 10.1. The van der Waals surface area contributed by atoms with Crippen LogP contribution in [0.5, 0.6) is 5.75 Å². The van der Waals surface area contributed by atoms with Crippen LogP contribution in [0.15, 0.2) is 12.1 Å². The number of H-pyrrole nitrogens is 1. The van der Waals surface area contributed by atoms with Crippen molar-refractivity contribution in [1.82, 2.24) is 15.1 Å². The molecule has 1 aromatic heterocycles. The van der Waals surface area contributed by atoms with Crippen LogP contribution in [0, 0.1) is 0 Å². The van der Waals surface area contributed by atoms with Gasteiger partial charge in [0.15, 0.2) is 5.78 Å². The predicted octanol–water partition coefficient (Wildman–Crippen LogP) is 1.98. The molecule has 1 aliphatic rings. The molecule has 2 heterocycles. The minimum Gasteiger partial charge on any atom is -0.507 e. The molecule has 21 heavy (non-hydrogen) atoms. The molecular formula is C15H17N3O3. The molecule has 1 amide bonds. The van der Waals surface area contributed by atoms with Crippen LogP contribution in [0.4, 0.5) is 0 Å². The van der Waals surface area contributed by atoms with Crippen molar-refractivity contribution in [2.75, 3.05) is 6.54 Å². The normalized spacial score (nSPS) is 15.7. The van der Waals surface area contributed by atoms with Crippen molar-refractivity contribution >= 4 is 22.6 Å². The molecule has 6 heteroatoms. The van der Waals surface area contributed by atoms with Crippen LogP contribution in [-0.2, 0) is 11.3 Å². The van der Waals surface area contributed by atoms with Crippen molar-refractivity contribution < 1.29 is 14.7 Å². The first kappa shape index (κ1) is 13.6. The highest BCUT2D eigenvalue weighted by molar-refractivity contribution is 6.01. The Balaban J connectivity index is 1.97. The van der Waals surface area contributed by atoms with Crippen LogP contribution in [0.3, 0.4) is 0 Å². The second-order valence-corrected chi connectivity index (χ2v) is 5.41. The first-order valence-corrected chi connectivity index (χ1v) is 7.05. The number of piperidine rings is 1. The standard InChI is InChI=1S/C15H17N3O3/c1-9(19)10-6-11-12(7-14(10)20)16-17-13(11)8-18-5-3-2-4-15(18)21/h6-7,20H,2-5,8H2,1H3,(H,16,17). The van der Waals surface area contributed by atoms with E-state index < -0.39 is 0 Å². The summed E-state index contributed by atoms with van der Waals surface area (Å²) in [5, 5.41) is 17.7. The molecule has 1 aliphatic heterocycles. The molecule has 0 saturated carbocycles. The van der Waals surface area contributed by atoms with Crippen molar-refractivity contribution in [2.45, 2.75) is 32.7 Å². The summed E-state index contributed by atoms with van der Waals surface area (Å²) in [7, 11) is 0. The quantitative estimate of drug-likeness (QED) is 0.845. The van der Waals surface area contributed by atoms with Gasteiger partial charge < -0.3 is 10.0 Å². The van der Waals surface area contributed by atoms with E-state index in [1.165, 1.54) is 13.0 Å². The maximum absolute atomic E-state index is 11.9. The van der Waals surface area contributed by atoms with E-state index in [4.69, 9.17) is 0 Å². The summed E-state index contributed by atoms with van der Waals surface area (Å²) in [5.41, 5.74) is 1.66. The summed E-state index contributed by atoms with van der Waals surface area (Å²) in [6, 6.07) is 3.14. The van der Waals surface area contributed by atoms with Gasteiger partial charge in [0.05, 0.1) is 23.3 Å². The molecule has 0 aliphatic carbocycles. The number of carbonyl (C=O) groups excluding carboxylic acids is 2. The predicted molar refractivity (Wildman–Crippen MR) is 77.0 cm³/mol. The van der Waals surface area contributed by atoms with E-state index in [9.17, 15) is 14.7 Å². The number of phenols is 1. The molecule has 3 rings (SSSR count). The lowest BCUT2D eigenvalue weighted by Gasteiger charge is -2.25. The number of phenolic OH excluding ortho intramolecular Hbond substituents is 1. The van der Waals surface area contributed by atoms with Crippen LogP contribution in [0.25, 0.3) is 10.9 Å². The van der Waals surface area contributed by atoms with Gasteiger partial charge in [-0.3, -0.25) is 14.7 Å². The average Bonchev–Trinajstić information content (AvgIpc) is 2.82. The summed E-state index contributed by atoms with van der Waals surface area (Å²) >= 11 is 0. The molecule has 0 spiro atoms. The largest absolute Gasteiger partial charge is 0.507 e. The van der Waals surface area contributed by atoms with Gasteiger partial charge in [0.25, 0.3) is 0 Å². The van der Waals surface area contributed by atoms with Gasteiger partial charge in [0.2, 0.25) is 5.91 Å². The number of ketones is 1. The Morgan fingerprint density at radius 3 is 2.95 bits per heavy atom. The number of carbonyl (C=O) groups is 2. The second-order valence-electron chi connectivity index (χ2n) is 5.41. The fourth-order valence-electron chi connectivity index (χ4n) is 2.72. The maximum Gasteiger partial charge on any atom is 0.222 e. The summed E-state index contributed by atoms with van der Waals surface area (Å²) < 4.78 is 0. The number of aromatic nitrogens is 2. The number of hydrogen-bond donors (Lipinski definition) is 2. The van der Waals surface area contributed by atoms with Crippen LogP contribution >= 0.6 is 0 Å². The number of rotatable bonds is 3. The third-order valence-corrected chi connectivity index (χ3v) is 3.90. The van der Waals surface area contributed by atoms with Crippen molar-refractivity contribution in [1.29, 1.82) is 0 Å². The first-order valence-electron chi connectivity index (χ1n) is 7.05. The van der Waals surface area contributed by atoms with Gasteiger partial charge in [-0.2, -0.15) is 5.10 Å². The van der Waals surface area contributed by atoms with Crippen molar-refractivity contribution in [3.63, 3.8) is 0 Å². The lowest BCUT2D eigenvalue weighted by Crippen LogP contribution is -2.34. The van der Waals surface area contributed by atoms with E-state index in [0.29, 0.717) is 18.5 Å².